The Balaban J connectivity index is 2.71. The monoisotopic (exact) mass is 240 g/mol. The Hall–Kier alpha value is -1.37. The normalized spacial score (nSPS) is 10.3. The molecule has 0 atom stereocenters. The van der Waals surface area contributed by atoms with Gasteiger partial charge in [0, 0.05) is 27.3 Å². The number of rotatable bonds is 8. The van der Waals surface area contributed by atoms with Gasteiger partial charge in [-0.1, -0.05) is 6.07 Å². The Labute approximate surface area is 102 Å². The zero-order valence-electron chi connectivity index (χ0n) is 10.3. The minimum Gasteiger partial charge on any atom is -0.383 e. The predicted octanol–water partition coefficient (Wildman–Crippen LogP) is 0.466. The molecular formula is C11H20N4O2. The number of ether oxygens (including phenoxy) is 2. The molecule has 1 heterocycles. The third-order valence-corrected chi connectivity index (χ3v) is 2.34. The summed E-state index contributed by atoms with van der Waals surface area (Å²) in [5, 5.41) is 0. The molecule has 1 rings (SSSR count). The van der Waals surface area contributed by atoms with E-state index in [9.17, 15) is 0 Å². The maximum Gasteiger partial charge on any atom is 0.142 e. The highest BCUT2D eigenvalue weighted by Crippen LogP contribution is 2.13. The van der Waals surface area contributed by atoms with Crippen molar-refractivity contribution in [3.05, 3.63) is 18.2 Å². The summed E-state index contributed by atoms with van der Waals surface area (Å²) >= 11 is 0. The highest BCUT2D eigenvalue weighted by atomic mass is 16.5. The summed E-state index contributed by atoms with van der Waals surface area (Å²) in [6.45, 7) is 2.82. The van der Waals surface area contributed by atoms with Crippen molar-refractivity contribution >= 4 is 11.6 Å². The first-order valence-corrected chi connectivity index (χ1v) is 5.48. The molecule has 96 valence electrons. The molecule has 1 aromatic rings. The van der Waals surface area contributed by atoms with Crippen LogP contribution in [0, 0.1) is 0 Å². The van der Waals surface area contributed by atoms with Crippen LogP contribution >= 0.6 is 0 Å². The smallest absolute Gasteiger partial charge is 0.142 e. The van der Waals surface area contributed by atoms with E-state index in [1.165, 1.54) is 0 Å². The number of nitrogens with zero attached hydrogens (tertiary/aromatic N) is 2. The van der Waals surface area contributed by atoms with E-state index in [0.717, 1.165) is 18.9 Å². The minimum atomic E-state index is 0.641. The second-order valence-electron chi connectivity index (χ2n) is 3.50. The van der Waals surface area contributed by atoms with Gasteiger partial charge in [0.05, 0.1) is 13.2 Å². The van der Waals surface area contributed by atoms with Crippen molar-refractivity contribution in [3.8, 4) is 0 Å². The van der Waals surface area contributed by atoms with Gasteiger partial charge in [0.2, 0.25) is 0 Å². The van der Waals surface area contributed by atoms with Crippen LogP contribution in [-0.4, -0.2) is 45.5 Å². The van der Waals surface area contributed by atoms with Crippen molar-refractivity contribution in [2.75, 3.05) is 50.8 Å². The van der Waals surface area contributed by atoms with E-state index in [-0.39, 0.29) is 0 Å². The van der Waals surface area contributed by atoms with Gasteiger partial charge in [-0.3, -0.25) is 0 Å². The van der Waals surface area contributed by atoms with Gasteiger partial charge < -0.3 is 19.8 Å². The van der Waals surface area contributed by atoms with Gasteiger partial charge in [0.15, 0.2) is 0 Å². The number of nitrogens with two attached hydrogens (primary N) is 1. The fourth-order valence-electron chi connectivity index (χ4n) is 1.42. The van der Waals surface area contributed by atoms with Crippen LogP contribution < -0.4 is 16.2 Å². The van der Waals surface area contributed by atoms with Crippen LogP contribution in [0.25, 0.3) is 0 Å². The predicted molar refractivity (Wildman–Crippen MR) is 68.0 cm³/mol. The molecule has 0 aliphatic carbocycles. The first-order valence-electron chi connectivity index (χ1n) is 5.48. The quantitative estimate of drug-likeness (QED) is 0.508. The molecule has 0 fully saturated rings. The number of hydrazine groups is 1. The average Bonchev–Trinajstić information content (AvgIpc) is 2.39. The summed E-state index contributed by atoms with van der Waals surface area (Å²) < 4.78 is 10.2. The standard InChI is InChI=1S/C11H20N4O2/c1-16-8-6-15(7-9-17-2)11-5-3-4-10(13-11)14-12/h3-5H,6-9,12H2,1-2H3,(H,13,14). The van der Waals surface area contributed by atoms with Crippen LogP contribution in [0.3, 0.4) is 0 Å². The number of nitrogen functional groups attached to an aromatic ring is 1. The summed E-state index contributed by atoms with van der Waals surface area (Å²) in [5.41, 5.74) is 2.53. The van der Waals surface area contributed by atoms with Crippen LogP contribution in [0.1, 0.15) is 0 Å². The fourth-order valence-corrected chi connectivity index (χ4v) is 1.42. The molecule has 3 N–H and O–H groups in total. The van der Waals surface area contributed by atoms with Crippen molar-refractivity contribution in [1.82, 2.24) is 4.98 Å². The molecule has 0 bridgehead atoms. The lowest BCUT2D eigenvalue weighted by Gasteiger charge is -2.23. The van der Waals surface area contributed by atoms with Gasteiger partial charge in [-0.25, -0.2) is 10.8 Å². The van der Waals surface area contributed by atoms with Crippen LogP contribution in [0.15, 0.2) is 18.2 Å². The Morgan fingerprint density at radius 2 is 1.88 bits per heavy atom. The first kappa shape index (κ1) is 13.7. The molecule has 0 radical (unpaired) electrons. The maximum absolute atomic E-state index is 5.34. The Morgan fingerprint density at radius 3 is 2.41 bits per heavy atom. The summed E-state index contributed by atoms with van der Waals surface area (Å²) in [7, 11) is 3.36. The maximum atomic E-state index is 5.34. The molecule has 0 aromatic carbocycles. The largest absolute Gasteiger partial charge is 0.383 e. The number of nitrogens with one attached hydrogen (secondary N) is 1. The van der Waals surface area contributed by atoms with Gasteiger partial charge in [-0.05, 0) is 12.1 Å². The van der Waals surface area contributed by atoms with E-state index >= 15 is 0 Å². The molecule has 0 saturated heterocycles. The number of aromatic nitrogens is 1. The number of pyridine rings is 1. The number of hydrogen-bond donors (Lipinski definition) is 2. The molecule has 6 nitrogen and oxygen atoms in total. The van der Waals surface area contributed by atoms with Crippen molar-refractivity contribution in [2.24, 2.45) is 5.84 Å². The molecule has 17 heavy (non-hydrogen) atoms. The Morgan fingerprint density at radius 1 is 1.24 bits per heavy atom. The van der Waals surface area contributed by atoms with Gasteiger partial charge in [-0.15, -0.1) is 0 Å². The van der Waals surface area contributed by atoms with Crippen molar-refractivity contribution in [3.63, 3.8) is 0 Å². The first-order chi connectivity index (χ1) is 8.31. The van der Waals surface area contributed by atoms with Crippen LogP contribution in [0.4, 0.5) is 11.6 Å². The zero-order valence-corrected chi connectivity index (χ0v) is 10.3. The van der Waals surface area contributed by atoms with Crippen LogP contribution in [-0.2, 0) is 9.47 Å². The lowest BCUT2D eigenvalue weighted by Crippen LogP contribution is -2.31. The third-order valence-electron chi connectivity index (χ3n) is 2.34. The third kappa shape index (κ3) is 4.56. The molecule has 0 amide bonds. The topological polar surface area (TPSA) is 72.6 Å². The van der Waals surface area contributed by atoms with Gasteiger partial charge in [0.25, 0.3) is 0 Å². The van der Waals surface area contributed by atoms with E-state index in [1.807, 2.05) is 18.2 Å². The van der Waals surface area contributed by atoms with E-state index in [4.69, 9.17) is 15.3 Å². The molecular weight excluding hydrogens is 220 g/mol. The van der Waals surface area contributed by atoms with Crippen LogP contribution in [0.5, 0.6) is 0 Å². The molecule has 0 spiro atoms. The highest BCUT2D eigenvalue weighted by molar-refractivity contribution is 5.46. The van der Waals surface area contributed by atoms with Crippen molar-refractivity contribution in [2.45, 2.75) is 0 Å². The average molecular weight is 240 g/mol. The number of methoxy groups -OCH3 is 2. The molecule has 0 saturated carbocycles. The number of anilines is 2. The minimum absolute atomic E-state index is 0.641. The Kier molecular flexibility index (Phi) is 6.31. The van der Waals surface area contributed by atoms with Crippen molar-refractivity contribution < 1.29 is 9.47 Å². The second kappa shape index (κ2) is 7.83. The van der Waals surface area contributed by atoms with Gasteiger partial charge >= 0.3 is 0 Å². The SMILES string of the molecule is COCCN(CCOC)c1cccc(NN)n1. The van der Waals surface area contributed by atoms with Gasteiger partial charge in [0.1, 0.15) is 11.6 Å². The highest BCUT2D eigenvalue weighted by Gasteiger charge is 2.07. The lowest BCUT2D eigenvalue weighted by atomic mass is 10.4. The van der Waals surface area contributed by atoms with E-state index < -0.39 is 0 Å². The zero-order chi connectivity index (χ0) is 12.5. The molecule has 6 heteroatoms. The van der Waals surface area contributed by atoms with E-state index in [2.05, 4.69) is 15.3 Å². The summed E-state index contributed by atoms with van der Waals surface area (Å²) in [6, 6.07) is 5.66. The molecule has 0 unspecified atom stereocenters. The summed E-state index contributed by atoms with van der Waals surface area (Å²) in [4.78, 5) is 6.47. The fraction of sp³-hybridized carbons (Fsp3) is 0.545. The second-order valence-corrected chi connectivity index (χ2v) is 3.50. The molecule has 0 aliphatic heterocycles. The van der Waals surface area contributed by atoms with E-state index in [1.54, 1.807) is 14.2 Å². The van der Waals surface area contributed by atoms with E-state index in [0.29, 0.717) is 19.0 Å². The van der Waals surface area contributed by atoms with Crippen LogP contribution in [0.2, 0.25) is 0 Å². The molecule has 0 aliphatic rings. The van der Waals surface area contributed by atoms with Crippen molar-refractivity contribution in [1.29, 1.82) is 0 Å². The van der Waals surface area contributed by atoms with Gasteiger partial charge in [-0.2, -0.15) is 0 Å². The lowest BCUT2D eigenvalue weighted by molar-refractivity contribution is 0.190. The Bertz CT molecular complexity index is 314. The summed E-state index contributed by atoms with van der Waals surface area (Å²) in [5.74, 6) is 6.84. The summed E-state index contributed by atoms with van der Waals surface area (Å²) in [6.07, 6.45) is 0. The number of hydrogen-bond acceptors (Lipinski definition) is 6. The molecule has 1 aromatic heterocycles.